The van der Waals surface area contributed by atoms with E-state index in [1.807, 2.05) is 43.3 Å². The van der Waals surface area contributed by atoms with E-state index in [9.17, 15) is 5.26 Å². The number of nitriles is 1. The van der Waals surface area contributed by atoms with E-state index in [-0.39, 0.29) is 12.7 Å². The molecule has 2 heterocycles. The van der Waals surface area contributed by atoms with Crippen LogP contribution in [0.3, 0.4) is 0 Å². The van der Waals surface area contributed by atoms with Crippen molar-refractivity contribution in [3.05, 3.63) is 65.4 Å². The van der Waals surface area contributed by atoms with E-state index in [1.54, 1.807) is 25.3 Å². The minimum atomic E-state index is 0.171. The van der Waals surface area contributed by atoms with Crippen molar-refractivity contribution < 1.29 is 18.9 Å². The monoisotopic (exact) mass is 429 g/mol. The first-order chi connectivity index (χ1) is 15.7. The summed E-state index contributed by atoms with van der Waals surface area (Å²) in [5.74, 6) is 2.72. The van der Waals surface area contributed by atoms with Crippen LogP contribution in [0.1, 0.15) is 23.7 Å². The quantitative estimate of drug-likeness (QED) is 0.582. The van der Waals surface area contributed by atoms with Crippen molar-refractivity contribution in [1.82, 2.24) is 4.98 Å². The summed E-state index contributed by atoms with van der Waals surface area (Å²) in [7, 11) is 1.62. The lowest BCUT2D eigenvalue weighted by molar-refractivity contribution is 0.174. The predicted molar refractivity (Wildman–Crippen MR) is 121 cm³/mol. The number of fused-ring (bicyclic) bond motifs is 1. The molecule has 2 N–H and O–H groups in total. The highest BCUT2D eigenvalue weighted by Gasteiger charge is 2.22. The summed E-state index contributed by atoms with van der Waals surface area (Å²) in [4.78, 5) is 4.69. The Morgan fingerprint density at radius 3 is 2.56 bits per heavy atom. The summed E-state index contributed by atoms with van der Waals surface area (Å²) in [5.41, 5.74) is 9.28. The maximum absolute atomic E-state index is 10.1. The molecule has 1 aromatic heterocycles. The highest BCUT2D eigenvalue weighted by molar-refractivity contribution is 5.83. The molecule has 0 spiro atoms. The van der Waals surface area contributed by atoms with Gasteiger partial charge in [0.2, 0.25) is 12.7 Å². The summed E-state index contributed by atoms with van der Waals surface area (Å²) < 4.78 is 22.2. The Morgan fingerprint density at radius 1 is 1.12 bits per heavy atom. The minimum Gasteiger partial charge on any atom is -0.497 e. The Bertz CT molecular complexity index is 1200. The molecule has 162 valence electrons. The number of benzene rings is 2. The third-order valence-electron chi connectivity index (χ3n) is 5.09. The van der Waals surface area contributed by atoms with Gasteiger partial charge in [-0.05, 0) is 36.2 Å². The molecule has 7 heteroatoms. The topological polar surface area (TPSA) is 99.6 Å². The lowest BCUT2D eigenvalue weighted by Crippen LogP contribution is -2.04. The Labute approximate surface area is 186 Å². The van der Waals surface area contributed by atoms with Gasteiger partial charge >= 0.3 is 0 Å². The average molecular weight is 429 g/mol. The number of methoxy groups -OCH3 is 1. The number of pyridine rings is 1. The van der Waals surface area contributed by atoms with Gasteiger partial charge < -0.3 is 24.7 Å². The maximum atomic E-state index is 10.1. The van der Waals surface area contributed by atoms with Crippen molar-refractivity contribution >= 4 is 6.08 Å². The number of aromatic nitrogens is 1. The largest absolute Gasteiger partial charge is 0.497 e. The van der Waals surface area contributed by atoms with Crippen LogP contribution in [-0.2, 0) is 6.42 Å². The molecular formula is C25H23N3O4. The average Bonchev–Trinajstić information content (AvgIpc) is 3.30. The predicted octanol–water partition coefficient (Wildman–Crippen LogP) is 4.68. The minimum absolute atomic E-state index is 0.171. The van der Waals surface area contributed by atoms with Crippen LogP contribution in [0.4, 0.5) is 0 Å². The fourth-order valence-electron chi connectivity index (χ4n) is 3.55. The second kappa shape index (κ2) is 9.41. The number of ether oxygens (including phenoxy) is 4. The number of nitrogens with zero attached hydrogens (tertiary/aromatic N) is 2. The molecule has 0 fully saturated rings. The third kappa shape index (κ3) is 4.09. The number of nitrogens with two attached hydrogens (primary N) is 1. The van der Waals surface area contributed by atoms with Crippen LogP contribution < -0.4 is 24.7 Å². The maximum Gasteiger partial charge on any atom is 0.238 e. The van der Waals surface area contributed by atoms with Crippen LogP contribution in [0, 0.1) is 11.3 Å². The second-order valence-corrected chi connectivity index (χ2v) is 6.98. The van der Waals surface area contributed by atoms with Gasteiger partial charge in [0.15, 0.2) is 11.5 Å². The standard InChI is InChI=1S/C25H23N3O4/c1-3-21-19(5-4-12-26)24(16-6-8-17(29-2)9-7-16)20(14-27)25(28-21)32-18-10-11-22-23(13-18)31-15-30-22/h4-11,13H,3,12,15,26H2,1-2H3. The molecule has 0 bridgehead atoms. The van der Waals surface area contributed by atoms with E-state index >= 15 is 0 Å². The first-order valence-corrected chi connectivity index (χ1v) is 10.2. The van der Waals surface area contributed by atoms with Crippen molar-refractivity contribution in [3.63, 3.8) is 0 Å². The molecule has 7 nitrogen and oxygen atoms in total. The fourth-order valence-corrected chi connectivity index (χ4v) is 3.55. The highest BCUT2D eigenvalue weighted by atomic mass is 16.7. The van der Waals surface area contributed by atoms with Gasteiger partial charge in [-0.15, -0.1) is 0 Å². The molecule has 0 aliphatic carbocycles. The molecule has 2 aromatic carbocycles. The van der Waals surface area contributed by atoms with Crippen molar-refractivity contribution in [2.75, 3.05) is 20.4 Å². The van der Waals surface area contributed by atoms with E-state index < -0.39 is 0 Å². The molecule has 0 saturated carbocycles. The molecule has 32 heavy (non-hydrogen) atoms. The zero-order valence-electron chi connectivity index (χ0n) is 17.9. The van der Waals surface area contributed by atoms with Gasteiger partial charge in [-0.2, -0.15) is 5.26 Å². The molecule has 0 amide bonds. The Hall–Kier alpha value is -4.02. The van der Waals surface area contributed by atoms with Crippen LogP contribution >= 0.6 is 0 Å². The third-order valence-corrected chi connectivity index (χ3v) is 5.09. The summed E-state index contributed by atoms with van der Waals surface area (Å²) in [6.45, 7) is 2.56. The van der Waals surface area contributed by atoms with Gasteiger partial charge in [0.1, 0.15) is 23.1 Å². The van der Waals surface area contributed by atoms with E-state index in [2.05, 4.69) is 6.07 Å². The first kappa shape index (κ1) is 21.2. The van der Waals surface area contributed by atoms with E-state index in [0.717, 1.165) is 28.1 Å². The van der Waals surface area contributed by atoms with Gasteiger partial charge in [0, 0.05) is 23.7 Å². The molecular weight excluding hydrogens is 406 g/mol. The first-order valence-electron chi connectivity index (χ1n) is 10.2. The normalized spacial score (nSPS) is 12.1. The molecule has 0 atom stereocenters. The summed E-state index contributed by atoms with van der Waals surface area (Å²) in [6.07, 6.45) is 4.41. The van der Waals surface area contributed by atoms with Crippen molar-refractivity contribution in [1.29, 1.82) is 5.26 Å². The molecule has 0 saturated heterocycles. The van der Waals surface area contributed by atoms with Gasteiger partial charge in [-0.25, -0.2) is 4.98 Å². The second-order valence-electron chi connectivity index (χ2n) is 6.98. The van der Waals surface area contributed by atoms with E-state index in [1.165, 1.54) is 0 Å². The Kier molecular flexibility index (Phi) is 6.24. The molecule has 1 aliphatic heterocycles. The fraction of sp³-hybridized carbons (Fsp3) is 0.200. The van der Waals surface area contributed by atoms with Crippen molar-refractivity contribution in [2.45, 2.75) is 13.3 Å². The van der Waals surface area contributed by atoms with Crippen LogP contribution in [-0.4, -0.2) is 25.4 Å². The van der Waals surface area contributed by atoms with Crippen molar-refractivity contribution in [3.8, 4) is 46.1 Å². The molecule has 4 rings (SSSR count). The number of rotatable bonds is 7. The lowest BCUT2D eigenvalue weighted by Gasteiger charge is -2.17. The summed E-state index contributed by atoms with van der Waals surface area (Å²) in [6, 6.07) is 15.1. The van der Waals surface area contributed by atoms with Gasteiger partial charge in [0.05, 0.1) is 12.8 Å². The number of hydrogen-bond acceptors (Lipinski definition) is 7. The van der Waals surface area contributed by atoms with E-state index in [4.69, 9.17) is 29.7 Å². The molecule has 1 aliphatic rings. The zero-order valence-corrected chi connectivity index (χ0v) is 17.9. The summed E-state index contributed by atoms with van der Waals surface area (Å²) in [5, 5.41) is 10.1. The van der Waals surface area contributed by atoms with E-state index in [0.29, 0.717) is 35.8 Å². The SMILES string of the molecule is CCc1nc(Oc2ccc3c(c2)OCO3)c(C#N)c(-c2ccc(OC)cc2)c1C=CCN. The zero-order chi connectivity index (χ0) is 22.5. The van der Waals surface area contributed by atoms with Crippen LogP contribution in [0.2, 0.25) is 0 Å². The van der Waals surface area contributed by atoms with Gasteiger partial charge in [-0.3, -0.25) is 0 Å². The van der Waals surface area contributed by atoms with Crippen LogP contribution in [0.5, 0.6) is 28.9 Å². The number of aryl methyl sites for hydroxylation is 1. The van der Waals surface area contributed by atoms with Gasteiger partial charge in [-0.1, -0.05) is 31.2 Å². The van der Waals surface area contributed by atoms with Crippen LogP contribution in [0.15, 0.2) is 48.5 Å². The van der Waals surface area contributed by atoms with Crippen LogP contribution in [0.25, 0.3) is 17.2 Å². The molecule has 3 aromatic rings. The smallest absolute Gasteiger partial charge is 0.238 e. The van der Waals surface area contributed by atoms with Gasteiger partial charge in [0.25, 0.3) is 0 Å². The number of hydrogen-bond donors (Lipinski definition) is 1. The Morgan fingerprint density at radius 2 is 1.88 bits per heavy atom. The summed E-state index contributed by atoms with van der Waals surface area (Å²) >= 11 is 0. The van der Waals surface area contributed by atoms with Crippen molar-refractivity contribution in [2.24, 2.45) is 5.73 Å². The molecule has 0 unspecified atom stereocenters. The molecule has 0 radical (unpaired) electrons. The Balaban J connectivity index is 1.88. The highest BCUT2D eigenvalue weighted by Crippen LogP contribution is 2.40. The lowest BCUT2D eigenvalue weighted by atomic mass is 9.93.